The first-order valence-corrected chi connectivity index (χ1v) is 6.88. The van der Waals surface area contributed by atoms with Crippen LogP contribution < -0.4 is 5.32 Å². The Morgan fingerprint density at radius 2 is 2.00 bits per heavy atom. The molecule has 1 saturated heterocycles. The molecule has 2 rings (SSSR count). The van der Waals surface area contributed by atoms with Crippen LogP contribution in [0.4, 0.5) is 5.69 Å². The summed E-state index contributed by atoms with van der Waals surface area (Å²) in [6.45, 7) is 0. The van der Waals surface area contributed by atoms with Gasteiger partial charge in [-0.15, -0.1) is 0 Å². The van der Waals surface area contributed by atoms with Crippen LogP contribution in [-0.2, 0) is 14.3 Å². The number of nitrogens with zero attached hydrogens (tertiary/aromatic N) is 2. The van der Waals surface area contributed by atoms with E-state index in [2.05, 4.69) is 15.0 Å². The maximum absolute atomic E-state index is 11.9. The number of hydrogen-bond donors (Lipinski definition) is 1. The molecule has 0 unspecified atom stereocenters. The van der Waals surface area contributed by atoms with Crippen molar-refractivity contribution >= 4 is 40.4 Å². The second-order valence-electron chi connectivity index (χ2n) is 4.11. The molecule has 1 aliphatic rings. The minimum atomic E-state index is -0.703. The maximum atomic E-state index is 11.9. The molecule has 1 N–H and O–H groups in total. The fourth-order valence-corrected chi connectivity index (χ4v) is 2.31. The second kappa shape index (κ2) is 6.83. The van der Waals surface area contributed by atoms with E-state index in [1.807, 2.05) is 0 Å². The number of non-ortho nitro benzene ring substituents is 1. The van der Waals surface area contributed by atoms with Crippen molar-refractivity contribution in [3.63, 3.8) is 0 Å². The van der Waals surface area contributed by atoms with E-state index in [4.69, 9.17) is 0 Å². The molecule has 1 aromatic rings. The molecule has 2 amide bonds. The number of nitrogens with one attached hydrogen (secondary N) is 1. The minimum Gasteiger partial charge on any atom is -0.466 e. The van der Waals surface area contributed by atoms with Gasteiger partial charge in [0.15, 0.2) is 5.17 Å². The fraction of sp³-hybridized carbons (Fsp3) is 0.0769. The molecule has 1 heterocycles. The number of thioether (sulfide) groups is 1. The van der Waals surface area contributed by atoms with Crippen LogP contribution in [0.15, 0.2) is 40.2 Å². The highest BCUT2D eigenvalue weighted by Crippen LogP contribution is 2.24. The molecule has 1 aliphatic heterocycles. The molecule has 118 valence electrons. The van der Waals surface area contributed by atoms with Gasteiger partial charge in [-0.05, 0) is 23.9 Å². The zero-order valence-corrected chi connectivity index (χ0v) is 12.5. The smallest absolute Gasteiger partial charge is 0.331 e. The summed E-state index contributed by atoms with van der Waals surface area (Å²) < 4.78 is 4.41. The number of aliphatic imine (C=N–C) groups is 1. The van der Waals surface area contributed by atoms with Crippen LogP contribution in [0.3, 0.4) is 0 Å². The van der Waals surface area contributed by atoms with Gasteiger partial charge in [0.1, 0.15) is 0 Å². The Balaban J connectivity index is 2.14. The molecule has 0 saturated carbocycles. The van der Waals surface area contributed by atoms with Gasteiger partial charge in [-0.3, -0.25) is 19.7 Å². The molecule has 0 radical (unpaired) electrons. The van der Waals surface area contributed by atoms with Gasteiger partial charge in [-0.25, -0.2) is 4.79 Å². The number of rotatable bonds is 3. The molecule has 0 spiro atoms. The first kappa shape index (κ1) is 16.4. The number of ether oxygens (including phenoxy) is 1. The van der Waals surface area contributed by atoms with Crippen molar-refractivity contribution < 1.29 is 24.0 Å². The summed E-state index contributed by atoms with van der Waals surface area (Å²) in [5, 5.41) is 12.9. The standard InChI is InChI=1S/C13H9N3O6S/c1-22-10(17)6-9-12(19)15-13(23-9)14-11(18)7-2-4-8(5-3-7)16(20)21/h2-6H,1H3,(H,14,15,18,19). The summed E-state index contributed by atoms with van der Waals surface area (Å²) in [7, 11) is 1.17. The van der Waals surface area contributed by atoms with Gasteiger partial charge >= 0.3 is 5.97 Å². The molecule has 0 aromatic heterocycles. The highest BCUT2D eigenvalue weighted by Gasteiger charge is 2.26. The van der Waals surface area contributed by atoms with Crippen molar-refractivity contribution in [3.05, 3.63) is 50.9 Å². The number of methoxy groups -OCH3 is 1. The molecular formula is C13H9N3O6S. The topological polar surface area (TPSA) is 128 Å². The number of benzene rings is 1. The molecule has 23 heavy (non-hydrogen) atoms. The first-order chi connectivity index (χ1) is 10.9. The molecule has 1 fully saturated rings. The summed E-state index contributed by atoms with van der Waals surface area (Å²) in [5.74, 6) is -1.96. The average molecular weight is 335 g/mol. The lowest BCUT2D eigenvalue weighted by Crippen LogP contribution is -2.21. The van der Waals surface area contributed by atoms with Crippen LogP contribution in [0.5, 0.6) is 0 Å². The van der Waals surface area contributed by atoms with Crippen molar-refractivity contribution in [3.8, 4) is 0 Å². The Labute approximate surface area is 133 Å². The van der Waals surface area contributed by atoms with E-state index < -0.39 is 22.7 Å². The molecule has 0 aliphatic carbocycles. The van der Waals surface area contributed by atoms with Crippen LogP contribution in [0.2, 0.25) is 0 Å². The monoisotopic (exact) mass is 335 g/mol. The van der Waals surface area contributed by atoms with Crippen molar-refractivity contribution in [2.24, 2.45) is 4.99 Å². The number of nitro benzene ring substituents is 1. The number of hydrogen-bond acceptors (Lipinski definition) is 7. The summed E-state index contributed by atoms with van der Waals surface area (Å²) >= 11 is 0.814. The lowest BCUT2D eigenvalue weighted by molar-refractivity contribution is -0.384. The highest BCUT2D eigenvalue weighted by molar-refractivity contribution is 8.18. The van der Waals surface area contributed by atoms with E-state index in [-0.39, 0.29) is 21.3 Å². The normalized spacial score (nSPS) is 17.2. The molecule has 10 heteroatoms. The van der Waals surface area contributed by atoms with Gasteiger partial charge in [0.05, 0.1) is 16.9 Å². The first-order valence-electron chi connectivity index (χ1n) is 6.07. The third-order valence-electron chi connectivity index (χ3n) is 2.63. The third kappa shape index (κ3) is 4.01. The predicted octanol–water partition coefficient (Wildman–Crippen LogP) is 1.01. The number of carbonyl (C=O) groups is 3. The number of amidine groups is 1. The van der Waals surface area contributed by atoms with Crippen molar-refractivity contribution in [1.29, 1.82) is 0 Å². The Hall–Kier alpha value is -3.01. The SMILES string of the molecule is COC(=O)C=C1SC(=NC(=O)c2ccc([N+](=O)[O-])cc2)NC1=O. The average Bonchev–Trinajstić information content (AvgIpc) is 2.86. The Morgan fingerprint density at radius 1 is 1.35 bits per heavy atom. The van der Waals surface area contributed by atoms with E-state index in [0.717, 1.165) is 17.8 Å². The molecular weight excluding hydrogens is 326 g/mol. The Kier molecular flexibility index (Phi) is 4.86. The van der Waals surface area contributed by atoms with Crippen molar-refractivity contribution in [2.45, 2.75) is 0 Å². The predicted molar refractivity (Wildman–Crippen MR) is 80.7 cm³/mol. The van der Waals surface area contributed by atoms with Crippen LogP contribution in [0.1, 0.15) is 10.4 Å². The minimum absolute atomic E-state index is 0.00788. The lowest BCUT2D eigenvalue weighted by Gasteiger charge is -1.97. The summed E-state index contributed by atoms with van der Waals surface area (Å²) in [6.07, 6.45) is 0.985. The van der Waals surface area contributed by atoms with Gasteiger partial charge < -0.3 is 10.1 Å². The van der Waals surface area contributed by atoms with Gasteiger partial charge in [0.25, 0.3) is 17.5 Å². The number of carbonyl (C=O) groups excluding carboxylic acids is 3. The van der Waals surface area contributed by atoms with Gasteiger partial charge in [-0.1, -0.05) is 0 Å². The van der Waals surface area contributed by atoms with E-state index >= 15 is 0 Å². The van der Waals surface area contributed by atoms with E-state index in [1.54, 1.807) is 0 Å². The van der Waals surface area contributed by atoms with E-state index in [1.165, 1.54) is 31.4 Å². The Morgan fingerprint density at radius 3 is 2.57 bits per heavy atom. The van der Waals surface area contributed by atoms with Crippen LogP contribution >= 0.6 is 11.8 Å². The van der Waals surface area contributed by atoms with Gasteiger partial charge in [-0.2, -0.15) is 4.99 Å². The highest BCUT2D eigenvalue weighted by atomic mass is 32.2. The van der Waals surface area contributed by atoms with Gasteiger partial charge in [0, 0.05) is 23.8 Å². The molecule has 9 nitrogen and oxygen atoms in total. The van der Waals surface area contributed by atoms with Crippen LogP contribution in [0, 0.1) is 10.1 Å². The zero-order chi connectivity index (χ0) is 17.0. The van der Waals surface area contributed by atoms with E-state index in [0.29, 0.717) is 0 Å². The Bertz CT molecular complexity index is 753. The third-order valence-corrected chi connectivity index (χ3v) is 3.54. The second-order valence-corrected chi connectivity index (χ2v) is 5.14. The van der Waals surface area contributed by atoms with Crippen LogP contribution in [0.25, 0.3) is 0 Å². The fourth-order valence-electron chi connectivity index (χ4n) is 1.53. The van der Waals surface area contributed by atoms with Crippen LogP contribution in [-0.4, -0.2) is 35.0 Å². The largest absolute Gasteiger partial charge is 0.466 e. The molecule has 0 bridgehead atoms. The van der Waals surface area contributed by atoms with Gasteiger partial charge in [0.2, 0.25) is 0 Å². The quantitative estimate of drug-likeness (QED) is 0.378. The summed E-state index contributed by atoms with van der Waals surface area (Å²) in [4.78, 5) is 48.3. The molecule has 0 atom stereocenters. The van der Waals surface area contributed by atoms with E-state index in [9.17, 15) is 24.5 Å². The number of amides is 2. The zero-order valence-electron chi connectivity index (χ0n) is 11.6. The number of nitro groups is 1. The number of esters is 1. The summed E-state index contributed by atoms with van der Waals surface area (Å²) in [5.41, 5.74) is -0.0237. The van der Waals surface area contributed by atoms with Crippen molar-refractivity contribution in [1.82, 2.24) is 5.32 Å². The van der Waals surface area contributed by atoms with Crippen molar-refractivity contribution in [2.75, 3.05) is 7.11 Å². The molecule has 1 aromatic carbocycles. The maximum Gasteiger partial charge on any atom is 0.331 e. The lowest BCUT2D eigenvalue weighted by atomic mass is 10.2. The summed E-state index contributed by atoms with van der Waals surface area (Å²) in [6, 6.07) is 4.88.